The molecule has 1 aliphatic heterocycles. The second-order valence-electron chi connectivity index (χ2n) is 5.40. The first-order valence-corrected chi connectivity index (χ1v) is 7.35. The topological polar surface area (TPSA) is 67.4 Å². The van der Waals surface area contributed by atoms with E-state index in [1.165, 1.54) is 6.92 Å². The number of amides is 1. The van der Waals surface area contributed by atoms with E-state index in [0.717, 1.165) is 25.9 Å². The highest BCUT2D eigenvalue weighted by atomic mass is 16.5. The fourth-order valence-corrected chi connectivity index (χ4v) is 2.34. The standard InChI is InChI=1S/C16H22N2O3/c1-11(19)13-5-3-7-15(9-13)21-12(2)16(20)18-14-6-4-8-17-10-14/h3,5,7,9,12,14,17H,4,6,8,10H2,1-2H3,(H,18,20)/t12?,14-/m0/s1. The monoisotopic (exact) mass is 290 g/mol. The van der Waals surface area contributed by atoms with Crippen molar-refractivity contribution in [1.29, 1.82) is 0 Å². The largest absolute Gasteiger partial charge is 0.481 e. The molecule has 1 saturated heterocycles. The van der Waals surface area contributed by atoms with Crippen molar-refractivity contribution in [1.82, 2.24) is 10.6 Å². The number of hydrogen-bond acceptors (Lipinski definition) is 4. The molecule has 2 rings (SSSR count). The van der Waals surface area contributed by atoms with Gasteiger partial charge in [-0.2, -0.15) is 0 Å². The molecule has 5 nitrogen and oxygen atoms in total. The maximum atomic E-state index is 12.1. The fraction of sp³-hybridized carbons (Fsp3) is 0.500. The zero-order valence-corrected chi connectivity index (χ0v) is 12.5. The Hall–Kier alpha value is -1.88. The van der Waals surface area contributed by atoms with Crippen LogP contribution < -0.4 is 15.4 Å². The van der Waals surface area contributed by atoms with Crippen molar-refractivity contribution in [3.8, 4) is 5.75 Å². The van der Waals surface area contributed by atoms with Gasteiger partial charge in [-0.05, 0) is 45.4 Å². The molecule has 1 unspecified atom stereocenters. The Morgan fingerprint density at radius 3 is 2.90 bits per heavy atom. The zero-order valence-electron chi connectivity index (χ0n) is 12.5. The number of rotatable bonds is 5. The molecule has 2 atom stereocenters. The van der Waals surface area contributed by atoms with Crippen molar-refractivity contribution in [3.63, 3.8) is 0 Å². The third-order valence-electron chi connectivity index (χ3n) is 3.57. The van der Waals surface area contributed by atoms with Crippen molar-refractivity contribution in [2.45, 2.75) is 38.8 Å². The Morgan fingerprint density at radius 1 is 1.43 bits per heavy atom. The summed E-state index contributed by atoms with van der Waals surface area (Å²) >= 11 is 0. The van der Waals surface area contributed by atoms with Crippen LogP contribution in [0.15, 0.2) is 24.3 Å². The highest BCUT2D eigenvalue weighted by molar-refractivity contribution is 5.94. The van der Waals surface area contributed by atoms with Gasteiger partial charge in [-0.15, -0.1) is 0 Å². The Labute approximate surface area is 125 Å². The van der Waals surface area contributed by atoms with Crippen LogP contribution in [0.5, 0.6) is 5.75 Å². The van der Waals surface area contributed by atoms with E-state index in [4.69, 9.17) is 4.74 Å². The summed E-state index contributed by atoms with van der Waals surface area (Å²) in [4.78, 5) is 23.4. The van der Waals surface area contributed by atoms with Crippen LogP contribution >= 0.6 is 0 Å². The lowest BCUT2D eigenvalue weighted by atomic mass is 10.1. The second-order valence-corrected chi connectivity index (χ2v) is 5.40. The fourth-order valence-electron chi connectivity index (χ4n) is 2.34. The van der Waals surface area contributed by atoms with E-state index < -0.39 is 6.10 Å². The molecular formula is C16H22N2O3. The zero-order chi connectivity index (χ0) is 15.2. The van der Waals surface area contributed by atoms with Crippen molar-refractivity contribution in [3.05, 3.63) is 29.8 Å². The molecule has 21 heavy (non-hydrogen) atoms. The number of carbonyl (C=O) groups is 2. The van der Waals surface area contributed by atoms with Gasteiger partial charge in [0.25, 0.3) is 5.91 Å². The molecule has 0 bridgehead atoms. The average Bonchev–Trinajstić information content (AvgIpc) is 2.48. The third kappa shape index (κ3) is 4.56. The first kappa shape index (κ1) is 15.5. The number of Topliss-reactive ketones (excluding diaryl/α,β-unsaturated/α-hetero) is 1. The maximum absolute atomic E-state index is 12.1. The van der Waals surface area contributed by atoms with Crippen molar-refractivity contribution in [2.24, 2.45) is 0 Å². The van der Waals surface area contributed by atoms with E-state index >= 15 is 0 Å². The molecule has 0 saturated carbocycles. The number of hydrogen-bond donors (Lipinski definition) is 2. The molecule has 1 heterocycles. The molecular weight excluding hydrogens is 268 g/mol. The molecule has 114 valence electrons. The predicted octanol–water partition coefficient (Wildman–Crippen LogP) is 1.52. The summed E-state index contributed by atoms with van der Waals surface area (Å²) in [6, 6.07) is 7.06. The van der Waals surface area contributed by atoms with Crippen LogP contribution in [0.3, 0.4) is 0 Å². The van der Waals surface area contributed by atoms with E-state index in [1.54, 1.807) is 31.2 Å². The van der Waals surface area contributed by atoms with Gasteiger partial charge in [-0.25, -0.2) is 0 Å². The molecule has 1 aliphatic rings. The minimum atomic E-state index is -0.589. The minimum Gasteiger partial charge on any atom is -0.481 e. The first-order valence-electron chi connectivity index (χ1n) is 7.35. The van der Waals surface area contributed by atoms with Gasteiger partial charge in [0.2, 0.25) is 0 Å². The molecule has 0 radical (unpaired) electrons. The second kappa shape index (κ2) is 7.22. The van der Waals surface area contributed by atoms with E-state index in [2.05, 4.69) is 10.6 Å². The van der Waals surface area contributed by atoms with Crippen LogP contribution in [-0.2, 0) is 4.79 Å². The molecule has 1 aromatic rings. The van der Waals surface area contributed by atoms with Crippen LogP contribution in [0, 0.1) is 0 Å². The summed E-state index contributed by atoms with van der Waals surface area (Å²) in [7, 11) is 0. The van der Waals surface area contributed by atoms with E-state index in [9.17, 15) is 9.59 Å². The molecule has 1 amide bonds. The number of ether oxygens (including phenoxy) is 1. The van der Waals surface area contributed by atoms with Gasteiger partial charge < -0.3 is 15.4 Å². The maximum Gasteiger partial charge on any atom is 0.261 e. The predicted molar refractivity (Wildman–Crippen MR) is 80.6 cm³/mol. The Bertz CT molecular complexity index is 510. The Balaban J connectivity index is 1.90. The quantitative estimate of drug-likeness (QED) is 0.807. The first-order chi connectivity index (χ1) is 10.1. The molecule has 0 aliphatic carbocycles. The number of piperidine rings is 1. The van der Waals surface area contributed by atoms with Gasteiger partial charge in [0.05, 0.1) is 0 Å². The molecule has 1 fully saturated rings. The third-order valence-corrected chi connectivity index (χ3v) is 3.57. The Morgan fingerprint density at radius 2 is 2.24 bits per heavy atom. The number of carbonyl (C=O) groups excluding carboxylic acids is 2. The Kier molecular flexibility index (Phi) is 5.33. The van der Waals surface area contributed by atoms with Crippen LogP contribution in [-0.4, -0.2) is 36.9 Å². The molecule has 5 heteroatoms. The smallest absolute Gasteiger partial charge is 0.261 e. The summed E-state index contributed by atoms with van der Waals surface area (Å²) in [5.41, 5.74) is 0.580. The minimum absolute atomic E-state index is 0.0224. The van der Waals surface area contributed by atoms with E-state index in [-0.39, 0.29) is 17.7 Å². The van der Waals surface area contributed by atoms with Crippen LogP contribution in [0.25, 0.3) is 0 Å². The van der Waals surface area contributed by atoms with Gasteiger partial charge in [0.1, 0.15) is 5.75 Å². The lowest BCUT2D eigenvalue weighted by molar-refractivity contribution is -0.128. The molecule has 1 aromatic carbocycles. The highest BCUT2D eigenvalue weighted by Gasteiger charge is 2.20. The average molecular weight is 290 g/mol. The van der Waals surface area contributed by atoms with Crippen molar-refractivity contribution in [2.75, 3.05) is 13.1 Å². The molecule has 0 aromatic heterocycles. The lowest BCUT2D eigenvalue weighted by Crippen LogP contribution is -2.49. The van der Waals surface area contributed by atoms with Crippen molar-refractivity contribution < 1.29 is 14.3 Å². The van der Waals surface area contributed by atoms with Crippen LogP contribution in [0.4, 0.5) is 0 Å². The number of nitrogens with one attached hydrogen (secondary N) is 2. The van der Waals surface area contributed by atoms with Gasteiger partial charge in [0.15, 0.2) is 11.9 Å². The summed E-state index contributed by atoms with van der Waals surface area (Å²) < 4.78 is 5.62. The van der Waals surface area contributed by atoms with Gasteiger partial charge in [-0.1, -0.05) is 12.1 Å². The number of ketones is 1. The van der Waals surface area contributed by atoms with Gasteiger partial charge >= 0.3 is 0 Å². The van der Waals surface area contributed by atoms with Gasteiger partial charge in [-0.3, -0.25) is 9.59 Å². The van der Waals surface area contributed by atoms with E-state index in [0.29, 0.717) is 11.3 Å². The van der Waals surface area contributed by atoms with E-state index in [1.807, 2.05) is 0 Å². The van der Waals surface area contributed by atoms with Gasteiger partial charge in [0, 0.05) is 18.2 Å². The van der Waals surface area contributed by atoms with Crippen molar-refractivity contribution >= 4 is 11.7 Å². The summed E-state index contributed by atoms with van der Waals surface area (Å²) in [5.74, 6) is 0.384. The van der Waals surface area contributed by atoms with Crippen LogP contribution in [0.1, 0.15) is 37.0 Å². The summed E-state index contributed by atoms with van der Waals surface area (Å²) in [5, 5.41) is 6.24. The summed E-state index contributed by atoms with van der Waals surface area (Å²) in [6.45, 7) is 5.03. The van der Waals surface area contributed by atoms with Crippen LogP contribution in [0.2, 0.25) is 0 Å². The highest BCUT2D eigenvalue weighted by Crippen LogP contribution is 2.15. The molecule has 0 spiro atoms. The molecule has 2 N–H and O–H groups in total. The summed E-state index contributed by atoms with van der Waals surface area (Å²) in [6.07, 6.45) is 1.47. The SMILES string of the molecule is CC(=O)c1cccc(OC(C)C(=O)N[C@H]2CCCNC2)c1. The number of benzene rings is 1. The normalized spacial score (nSPS) is 19.6. The lowest BCUT2D eigenvalue weighted by Gasteiger charge is -2.25.